The lowest BCUT2D eigenvalue weighted by Crippen LogP contribution is -1.93. The minimum absolute atomic E-state index is 1.05. The van der Waals surface area contributed by atoms with Gasteiger partial charge in [-0.1, -0.05) is 24.5 Å². The molecule has 0 heteroatoms. The Hall–Kier alpha value is -0.260. The minimum Gasteiger partial charge on any atom is -0.0651 e. The van der Waals surface area contributed by atoms with Crippen LogP contribution >= 0.6 is 0 Å². The van der Waals surface area contributed by atoms with Crippen LogP contribution in [0.4, 0.5) is 0 Å². The van der Waals surface area contributed by atoms with Crippen molar-refractivity contribution in [3.8, 4) is 0 Å². The Morgan fingerprint density at radius 3 is 2.75 bits per heavy atom. The van der Waals surface area contributed by atoms with Gasteiger partial charge in [-0.05, 0) is 19.3 Å². The molecule has 1 saturated carbocycles. The number of rotatable bonds is 2. The smallest absolute Gasteiger partial charge is 0.00158 e. The summed E-state index contributed by atoms with van der Waals surface area (Å²) >= 11 is 0. The highest BCUT2D eigenvalue weighted by atomic mass is 14.5. The molecular formula is C8H12. The molecule has 1 fully saturated rings. The molecule has 0 nitrogen and oxygen atoms in total. The van der Waals surface area contributed by atoms with Crippen LogP contribution < -0.4 is 0 Å². The number of hydrogen-bond acceptors (Lipinski definition) is 0. The summed E-state index contributed by atoms with van der Waals surface area (Å²) in [5, 5.41) is 0. The van der Waals surface area contributed by atoms with Crippen LogP contribution in [0.3, 0.4) is 0 Å². The van der Waals surface area contributed by atoms with Crippen LogP contribution in [-0.2, 0) is 0 Å². The van der Waals surface area contributed by atoms with Gasteiger partial charge in [0.25, 0.3) is 0 Å². The third-order valence-electron chi connectivity index (χ3n) is 2.39. The predicted molar refractivity (Wildman–Crippen MR) is 34.7 cm³/mol. The maximum Gasteiger partial charge on any atom is 0.00158 e. The summed E-state index contributed by atoms with van der Waals surface area (Å²) < 4.78 is 0. The SMILES string of the molecule is CCCC1=C2CCC12. The fraction of sp³-hybridized carbons (Fsp3) is 0.750. The van der Waals surface area contributed by atoms with Crippen molar-refractivity contribution in [1.29, 1.82) is 0 Å². The molecule has 44 valence electrons. The third-order valence-corrected chi connectivity index (χ3v) is 2.39. The van der Waals surface area contributed by atoms with Gasteiger partial charge in [-0.25, -0.2) is 0 Å². The van der Waals surface area contributed by atoms with Crippen molar-refractivity contribution in [2.24, 2.45) is 5.92 Å². The van der Waals surface area contributed by atoms with E-state index in [2.05, 4.69) is 6.92 Å². The normalized spacial score (nSPS) is 31.9. The zero-order chi connectivity index (χ0) is 5.56. The third kappa shape index (κ3) is 0.410. The molecule has 1 atom stereocenters. The lowest BCUT2D eigenvalue weighted by atomic mass is 9.98. The number of hydrogen-bond donors (Lipinski definition) is 0. The lowest BCUT2D eigenvalue weighted by molar-refractivity contribution is 0.623. The van der Waals surface area contributed by atoms with Gasteiger partial charge in [0.15, 0.2) is 0 Å². The summed E-state index contributed by atoms with van der Waals surface area (Å²) in [5.74, 6) is 1.05. The average molecular weight is 108 g/mol. The van der Waals surface area contributed by atoms with Crippen LogP contribution in [0.2, 0.25) is 0 Å². The maximum atomic E-state index is 2.27. The molecule has 2 aliphatic carbocycles. The Morgan fingerprint density at radius 2 is 2.38 bits per heavy atom. The highest BCUT2D eigenvalue weighted by Crippen LogP contribution is 2.56. The molecule has 0 aromatic carbocycles. The predicted octanol–water partition coefficient (Wildman–Crippen LogP) is 2.51. The van der Waals surface area contributed by atoms with Gasteiger partial charge >= 0.3 is 0 Å². The van der Waals surface area contributed by atoms with E-state index in [1.165, 1.54) is 25.7 Å². The van der Waals surface area contributed by atoms with E-state index in [0.29, 0.717) is 0 Å². The van der Waals surface area contributed by atoms with Crippen molar-refractivity contribution < 1.29 is 0 Å². The monoisotopic (exact) mass is 108 g/mol. The second-order valence-corrected chi connectivity index (χ2v) is 2.89. The highest BCUT2D eigenvalue weighted by molar-refractivity contribution is 5.46. The van der Waals surface area contributed by atoms with E-state index in [4.69, 9.17) is 0 Å². The van der Waals surface area contributed by atoms with Gasteiger partial charge in [-0.3, -0.25) is 0 Å². The summed E-state index contributed by atoms with van der Waals surface area (Å²) in [7, 11) is 0. The van der Waals surface area contributed by atoms with Gasteiger partial charge in [-0.2, -0.15) is 0 Å². The molecule has 2 rings (SSSR count). The molecule has 0 spiro atoms. The largest absolute Gasteiger partial charge is 0.0651 e. The molecule has 1 unspecified atom stereocenters. The van der Waals surface area contributed by atoms with Crippen molar-refractivity contribution >= 4 is 0 Å². The van der Waals surface area contributed by atoms with Crippen molar-refractivity contribution in [2.75, 3.05) is 0 Å². The molecule has 8 heavy (non-hydrogen) atoms. The van der Waals surface area contributed by atoms with Crippen molar-refractivity contribution in [2.45, 2.75) is 32.6 Å². The Kier molecular flexibility index (Phi) is 0.787. The van der Waals surface area contributed by atoms with E-state index in [-0.39, 0.29) is 0 Å². The maximum absolute atomic E-state index is 2.27. The second-order valence-electron chi connectivity index (χ2n) is 2.89. The molecule has 0 saturated heterocycles. The van der Waals surface area contributed by atoms with Crippen molar-refractivity contribution in [3.05, 3.63) is 11.1 Å². The van der Waals surface area contributed by atoms with E-state index in [1.807, 2.05) is 11.1 Å². The second kappa shape index (κ2) is 1.37. The highest BCUT2D eigenvalue weighted by Gasteiger charge is 2.41. The van der Waals surface area contributed by atoms with Crippen LogP contribution in [0.25, 0.3) is 0 Å². The van der Waals surface area contributed by atoms with Crippen LogP contribution in [-0.4, -0.2) is 0 Å². The first-order chi connectivity index (χ1) is 3.93. The van der Waals surface area contributed by atoms with Gasteiger partial charge in [-0.15, -0.1) is 0 Å². The first-order valence-corrected chi connectivity index (χ1v) is 3.65. The van der Waals surface area contributed by atoms with Crippen LogP contribution in [0.1, 0.15) is 32.6 Å². The zero-order valence-electron chi connectivity index (χ0n) is 5.41. The fourth-order valence-corrected chi connectivity index (χ4v) is 1.75. The summed E-state index contributed by atoms with van der Waals surface area (Å²) in [4.78, 5) is 0. The Balaban J connectivity index is 1.92. The molecule has 0 amide bonds. The van der Waals surface area contributed by atoms with Gasteiger partial charge in [0.1, 0.15) is 0 Å². The minimum atomic E-state index is 1.05. The van der Waals surface area contributed by atoms with Gasteiger partial charge in [0, 0.05) is 5.92 Å². The van der Waals surface area contributed by atoms with Crippen LogP contribution in [0.5, 0.6) is 0 Å². The molecule has 0 aromatic rings. The van der Waals surface area contributed by atoms with Gasteiger partial charge in [0.05, 0.1) is 0 Å². The standard InChI is InChI=1S/C8H12/c1-2-3-6-7-4-5-8(6)7/h7H,2-5H2,1H3. The van der Waals surface area contributed by atoms with Crippen LogP contribution in [0.15, 0.2) is 11.1 Å². The molecule has 2 aliphatic rings. The average Bonchev–Trinajstić information content (AvgIpc) is 2.07. The first kappa shape index (κ1) is 4.60. The molecule has 0 N–H and O–H groups in total. The van der Waals surface area contributed by atoms with E-state index in [9.17, 15) is 0 Å². The lowest BCUT2D eigenvalue weighted by Gasteiger charge is -2.06. The molecule has 0 aliphatic heterocycles. The van der Waals surface area contributed by atoms with Crippen LogP contribution in [0, 0.1) is 5.92 Å². The summed E-state index contributed by atoms with van der Waals surface area (Å²) in [6.45, 7) is 2.27. The summed E-state index contributed by atoms with van der Waals surface area (Å²) in [6, 6.07) is 0. The number of fused-ring (bicyclic) bond motifs is 1. The molecule has 0 radical (unpaired) electrons. The van der Waals surface area contributed by atoms with E-state index >= 15 is 0 Å². The Morgan fingerprint density at radius 1 is 1.62 bits per heavy atom. The summed E-state index contributed by atoms with van der Waals surface area (Å²) in [5.41, 5.74) is 3.65. The molecule has 0 heterocycles. The van der Waals surface area contributed by atoms with E-state index in [0.717, 1.165) is 5.92 Å². The topological polar surface area (TPSA) is 0 Å². The number of allylic oxidation sites excluding steroid dienone is 2. The fourth-order valence-electron chi connectivity index (χ4n) is 1.75. The molecule has 0 bridgehead atoms. The first-order valence-electron chi connectivity index (χ1n) is 3.65. The van der Waals surface area contributed by atoms with E-state index < -0.39 is 0 Å². The van der Waals surface area contributed by atoms with E-state index in [1.54, 1.807) is 0 Å². The summed E-state index contributed by atoms with van der Waals surface area (Å²) in [6.07, 6.45) is 5.69. The molecule has 0 aromatic heterocycles. The van der Waals surface area contributed by atoms with Gasteiger partial charge in [0.2, 0.25) is 0 Å². The quantitative estimate of drug-likeness (QED) is 0.477. The molecular weight excluding hydrogens is 96.1 g/mol. The Labute approximate surface area is 50.6 Å². The Bertz CT molecular complexity index is 142. The van der Waals surface area contributed by atoms with Gasteiger partial charge < -0.3 is 0 Å². The zero-order valence-corrected chi connectivity index (χ0v) is 5.41. The van der Waals surface area contributed by atoms with Crippen molar-refractivity contribution in [3.63, 3.8) is 0 Å². The van der Waals surface area contributed by atoms with Crippen molar-refractivity contribution in [1.82, 2.24) is 0 Å².